The number of nitrogen functional groups attached to an aromatic ring is 1. The molecule has 0 spiro atoms. The van der Waals surface area contributed by atoms with Crippen molar-refractivity contribution in [1.82, 2.24) is 9.38 Å². The molecule has 4 N–H and O–H groups in total. The van der Waals surface area contributed by atoms with Crippen LogP contribution >= 0.6 is 0 Å². The number of amidine groups is 1. The number of nitrogens with one attached hydrogen (secondary N) is 1. The fourth-order valence-electron chi connectivity index (χ4n) is 1.44. The van der Waals surface area contributed by atoms with Crippen molar-refractivity contribution in [3.63, 3.8) is 0 Å². The van der Waals surface area contributed by atoms with Crippen LogP contribution in [0.1, 0.15) is 32.2 Å². The molecule has 0 aliphatic carbocycles. The third-order valence-corrected chi connectivity index (χ3v) is 2.60. The molecule has 0 radical (unpaired) electrons. The van der Waals surface area contributed by atoms with Gasteiger partial charge in [0.1, 0.15) is 17.2 Å². The number of aryl methyl sites for hydroxylation is 1. The van der Waals surface area contributed by atoms with Gasteiger partial charge in [0.15, 0.2) is 0 Å². The van der Waals surface area contributed by atoms with Crippen molar-refractivity contribution in [2.75, 3.05) is 0 Å². The van der Waals surface area contributed by atoms with Crippen LogP contribution in [0, 0.1) is 17.7 Å². The van der Waals surface area contributed by atoms with E-state index in [1.54, 1.807) is 20.8 Å². The van der Waals surface area contributed by atoms with Crippen molar-refractivity contribution < 1.29 is 9.90 Å². The first kappa shape index (κ1) is 15.7. The molecule has 0 saturated carbocycles. The van der Waals surface area contributed by atoms with E-state index in [0.717, 1.165) is 11.3 Å². The fraction of sp³-hybridized carbons (Fsp3) is 0.357. The number of fused-ring (bicyclic) bond motifs is 1. The van der Waals surface area contributed by atoms with Crippen molar-refractivity contribution in [1.29, 1.82) is 5.41 Å². The van der Waals surface area contributed by atoms with Gasteiger partial charge in [-0.3, -0.25) is 14.6 Å². The molecule has 6 nitrogen and oxygen atoms in total. The van der Waals surface area contributed by atoms with Gasteiger partial charge in [-0.25, -0.2) is 4.98 Å². The number of imidazole rings is 1. The summed E-state index contributed by atoms with van der Waals surface area (Å²) >= 11 is 0. The molecule has 2 rings (SSSR count). The van der Waals surface area contributed by atoms with Crippen LogP contribution in [-0.4, -0.2) is 26.3 Å². The van der Waals surface area contributed by atoms with E-state index in [4.69, 9.17) is 16.2 Å². The number of rotatable bonds is 1. The summed E-state index contributed by atoms with van der Waals surface area (Å²) < 4.78 is 1.82. The van der Waals surface area contributed by atoms with E-state index in [0.29, 0.717) is 5.69 Å². The Morgan fingerprint density at radius 1 is 1.40 bits per heavy atom. The SMILES string of the molecule is CC(C)(C)C(=O)O.Cc1nc2ccccn2c1C(=N)N. The molecule has 0 bridgehead atoms. The lowest BCUT2D eigenvalue weighted by molar-refractivity contribution is -0.145. The Hall–Kier alpha value is -2.37. The van der Waals surface area contributed by atoms with E-state index in [2.05, 4.69) is 4.98 Å². The summed E-state index contributed by atoms with van der Waals surface area (Å²) in [7, 11) is 0. The molecule has 2 aromatic heterocycles. The fourth-order valence-corrected chi connectivity index (χ4v) is 1.44. The van der Waals surface area contributed by atoms with E-state index in [1.165, 1.54) is 0 Å². The molecule has 0 amide bonds. The van der Waals surface area contributed by atoms with Gasteiger partial charge in [0.05, 0.1) is 11.1 Å². The second-order valence-electron chi connectivity index (χ2n) is 5.44. The van der Waals surface area contributed by atoms with Crippen LogP contribution in [0.3, 0.4) is 0 Å². The zero-order chi connectivity index (χ0) is 15.5. The van der Waals surface area contributed by atoms with Gasteiger partial charge in [-0.15, -0.1) is 0 Å². The first-order chi connectivity index (χ1) is 9.14. The van der Waals surface area contributed by atoms with Gasteiger partial charge in [0.2, 0.25) is 0 Å². The van der Waals surface area contributed by atoms with E-state index in [1.807, 2.05) is 35.7 Å². The van der Waals surface area contributed by atoms with Gasteiger partial charge in [0, 0.05) is 6.20 Å². The van der Waals surface area contributed by atoms with Crippen molar-refractivity contribution in [2.45, 2.75) is 27.7 Å². The van der Waals surface area contributed by atoms with Gasteiger partial charge >= 0.3 is 5.97 Å². The lowest BCUT2D eigenvalue weighted by Gasteiger charge is -2.08. The Labute approximate surface area is 117 Å². The lowest BCUT2D eigenvalue weighted by Crippen LogP contribution is -2.18. The zero-order valence-corrected chi connectivity index (χ0v) is 12.1. The van der Waals surface area contributed by atoms with Crippen LogP contribution < -0.4 is 5.73 Å². The van der Waals surface area contributed by atoms with Gasteiger partial charge in [0.25, 0.3) is 0 Å². The second kappa shape index (κ2) is 5.73. The lowest BCUT2D eigenvalue weighted by atomic mass is 9.98. The third-order valence-electron chi connectivity index (χ3n) is 2.60. The van der Waals surface area contributed by atoms with E-state index >= 15 is 0 Å². The summed E-state index contributed by atoms with van der Waals surface area (Å²) in [5, 5.41) is 15.6. The summed E-state index contributed by atoms with van der Waals surface area (Å²) in [6, 6.07) is 5.69. The van der Waals surface area contributed by atoms with E-state index < -0.39 is 11.4 Å². The molecule has 0 unspecified atom stereocenters. The Morgan fingerprint density at radius 2 is 1.95 bits per heavy atom. The number of carboxylic acid groups (broad SMARTS) is 1. The highest BCUT2D eigenvalue weighted by atomic mass is 16.4. The van der Waals surface area contributed by atoms with Gasteiger partial charge in [-0.2, -0.15) is 0 Å². The minimum Gasteiger partial charge on any atom is -0.481 e. The third kappa shape index (κ3) is 3.57. The van der Waals surface area contributed by atoms with Gasteiger partial charge in [-0.05, 0) is 39.8 Å². The highest BCUT2D eigenvalue weighted by molar-refractivity contribution is 5.95. The van der Waals surface area contributed by atoms with Crippen LogP contribution in [0.4, 0.5) is 0 Å². The number of aliphatic carboxylic acids is 1. The molecule has 0 fully saturated rings. The number of pyridine rings is 1. The zero-order valence-electron chi connectivity index (χ0n) is 12.1. The van der Waals surface area contributed by atoms with Crippen molar-refractivity contribution in [2.24, 2.45) is 11.1 Å². The average Bonchev–Trinajstić information content (AvgIpc) is 2.64. The van der Waals surface area contributed by atoms with Crippen LogP contribution in [-0.2, 0) is 4.79 Å². The smallest absolute Gasteiger partial charge is 0.308 e. The standard InChI is InChI=1S/C9H10N4.C5H10O2/c1-6-8(9(10)11)13-5-3-2-4-7(13)12-6;1-5(2,3)4(6)7/h2-5H,1H3,(H3,10,11);1-3H3,(H,6,7). The van der Waals surface area contributed by atoms with Crippen molar-refractivity contribution >= 4 is 17.5 Å². The average molecular weight is 276 g/mol. The molecule has 108 valence electrons. The molecule has 2 aromatic rings. The van der Waals surface area contributed by atoms with Crippen molar-refractivity contribution in [3.8, 4) is 0 Å². The van der Waals surface area contributed by atoms with Crippen LogP contribution in [0.15, 0.2) is 24.4 Å². The number of carbonyl (C=O) groups is 1. The highest BCUT2D eigenvalue weighted by Crippen LogP contribution is 2.11. The molecule has 0 aliphatic rings. The predicted octanol–water partition coefficient (Wildman–Crippen LogP) is 2.04. The summed E-state index contributed by atoms with van der Waals surface area (Å²) in [4.78, 5) is 14.3. The van der Waals surface area contributed by atoms with Crippen LogP contribution in [0.25, 0.3) is 5.65 Å². The summed E-state index contributed by atoms with van der Waals surface area (Å²) in [5.74, 6) is -0.705. The molecule has 6 heteroatoms. The topological polar surface area (TPSA) is 104 Å². The molecular weight excluding hydrogens is 256 g/mol. The number of hydrogen-bond donors (Lipinski definition) is 3. The molecular formula is C14H20N4O2. The maximum atomic E-state index is 10.0. The first-order valence-electron chi connectivity index (χ1n) is 6.16. The van der Waals surface area contributed by atoms with E-state index in [-0.39, 0.29) is 5.84 Å². The molecule has 2 heterocycles. The highest BCUT2D eigenvalue weighted by Gasteiger charge is 2.18. The van der Waals surface area contributed by atoms with E-state index in [9.17, 15) is 4.79 Å². The summed E-state index contributed by atoms with van der Waals surface area (Å²) in [6.45, 7) is 6.84. The first-order valence-corrected chi connectivity index (χ1v) is 6.16. The minimum absolute atomic E-state index is 0.0520. The molecule has 0 saturated heterocycles. The van der Waals surface area contributed by atoms with Crippen LogP contribution in [0.2, 0.25) is 0 Å². The number of hydrogen-bond acceptors (Lipinski definition) is 3. The molecule has 20 heavy (non-hydrogen) atoms. The second-order valence-corrected chi connectivity index (χ2v) is 5.44. The monoisotopic (exact) mass is 276 g/mol. The Bertz CT molecular complexity index is 638. The number of aromatic nitrogens is 2. The number of nitrogens with zero attached hydrogens (tertiary/aromatic N) is 2. The molecule has 0 aromatic carbocycles. The summed E-state index contributed by atoms with van der Waals surface area (Å²) in [6.07, 6.45) is 1.85. The normalized spacial score (nSPS) is 10.8. The van der Waals surface area contributed by atoms with Gasteiger partial charge < -0.3 is 10.8 Å². The maximum Gasteiger partial charge on any atom is 0.308 e. The Kier molecular flexibility index (Phi) is 4.49. The minimum atomic E-state index is -0.757. The maximum absolute atomic E-state index is 10.0. The van der Waals surface area contributed by atoms with Gasteiger partial charge in [-0.1, -0.05) is 6.07 Å². The molecule has 0 atom stereocenters. The number of nitrogens with two attached hydrogens (primary N) is 1. The van der Waals surface area contributed by atoms with Crippen LogP contribution in [0.5, 0.6) is 0 Å². The number of carboxylic acids is 1. The molecule has 0 aliphatic heterocycles. The van der Waals surface area contributed by atoms with Crippen molar-refractivity contribution in [3.05, 3.63) is 35.8 Å². The quantitative estimate of drug-likeness (QED) is 0.547. The largest absolute Gasteiger partial charge is 0.481 e. The Balaban J connectivity index is 0.000000246. The summed E-state index contributed by atoms with van der Waals surface area (Å²) in [5.41, 5.74) is 7.16. The predicted molar refractivity (Wildman–Crippen MR) is 78.0 cm³/mol. The Morgan fingerprint density at radius 3 is 2.40 bits per heavy atom.